The third kappa shape index (κ3) is 6.76. The molecule has 0 atom stereocenters. The minimum atomic E-state index is 0.597. The Hall–Kier alpha value is -8.92. The molecule has 0 N–H and O–H groups in total. The van der Waals surface area contributed by atoms with Gasteiger partial charge < -0.3 is 0 Å². The number of aromatic nitrogens is 8. The van der Waals surface area contributed by atoms with Crippen molar-refractivity contribution in [3.8, 4) is 78.1 Å². The molecule has 13 aromatic rings. The average molecular weight is 877 g/mol. The zero-order valence-corrected chi connectivity index (χ0v) is 36.6. The van der Waals surface area contributed by atoms with Crippen LogP contribution in [0.5, 0.6) is 0 Å². The highest BCUT2D eigenvalue weighted by atomic mass is 32.1. The predicted octanol–water partition coefficient (Wildman–Crippen LogP) is 14.3. The van der Waals surface area contributed by atoms with E-state index in [1.54, 1.807) is 11.3 Å². The van der Waals surface area contributed by atoms with Crippen LogP contribution in [0, 0.1) is 0 Å². The smallest absolute Gasteiger partial charge is 0.235 e. The fraction of sp³-hybridized carbons (Fsp3) is 0. The summed E-state index contributed by atoms with van der Waals surface area (Å²) in [6.45, 7) is 0. The molecule has 67 heavy (non-hydrogen) atoms. The van der Waals surface area contributed by atoms with E-state index in [2.05, 4.69) is 155 Å². The number of benzene rings is 8. The van der Waals surface area contributed by atoms with Gasteiger partial charge in [0.25, 0.3) is 0 Å². The summed E-state index contributed by atoms with van der Waals surface area (Å²) in [4.78, 5) is 21.0. The van der Waals surface area contributed by atoms with Gasteiger partial charge in [0.05, 0.1) is 44.8 Å². The van der Waals surface area contributed by atoms with Gasteiger partial charge in [0.1, 0.15) is 10.0 Å². The van der Waals surface area contributed by atoms with E-state index in [0.29, 0.717) is 11.9 Å². The van der Waals surface area contributed by atoms with Gasteiger partial charge in [0.2, 0.25) is 11.9 Å². The summed E-state index contributed by atoms with van der Waals surface area (Å²) >= 11 is 1.57. The van der Waals surface area contributed by atoms with E-state index in [0.717, 1.165) is 110 Å². The Balaban J connectivity index is 0.946. The molecular formula is C58H36N8S. The van der Waals surface area contributed by atoms with E-state index in [1.165, 1.54) is 0 Å². The van der Waals surface area contributed by atoms with Crippen molar-refractivity contribution in [1.29, 1.82) is 0 Å². The van der Waals surface area contributed by atoms with Gasteiger partial charge in [-0.1, -0.05) is 193 Å². The molecule has 13 rings (SSSR count). The maximum atomic E-state index is 5.24. The highest BCUT2D eigenvalue weighted by molar-refractivity contribution is 7.17. The van der Waals surface area contributed by atoms with E-state index in [9.17, 15) is 0 Å². The largest absolute Gasteiger partial charge is 0.278 e. The van der Waals surface area contributed by atoms with Crippen LogP contribution in [-0.4, -0.2) is 39.3 Å². The number of para-hydroxylation sites is 2. The fourth-order valence-electron chi connectivity index (χ4n) is 9.19. The van der Waals surface area contributed by atoms with Crippen LogP contribution in [0.2, 0.25) is 0 Å². The molecule has 0 unspecified atom stereocenters. The first kappa shape index (κ1) is 38.5. The molecule has 0 fully saturated rings. The van der Waals surface area contributed by atoms with Crippen molar-refractivity contribution in [2.75, 3.05) is 0 Å². The Kier molecular flexibility index (Phi) is 9.17. The van der Waals surface area contributed by atoms with Crippen molar-refractivity contribution >= 4 is 54.9 Å². The van der Waals surface area contributed by atoms with Crippen LogP contribution in [0.3, 0.4) is 0 Å². The van der Waals surface area contributed by atoms with E-state index < -0.39 is 0 Å². The van der Waals surface area contributed by atoms with E-state index >= 15 is 0 Å². The summed E-state index contributed by atoms with van der Waals surface area (Å²) in [6, 6.07) is 75.3. The van der Waals surface area contributed by atoms with Crippen LogP contribution in [0.1, 0.15) is 0 Å². The molecule has 0 aliphatic carbocycles. The number of fused-ring (bicyclic) bond motifs is 6. The highest BCUT2D eigenvalue weighted by Crippen LogP contribution is 2.40. The normalized spacial score (nSPS) is 11.6. The number of rotatable bonds is 8. The Morgan fingerprint density at radius 3 is 0.940 bits per heavy atom. The van der Waals surface area contributed by atoms with Crippen molar-refractivity contribution in [2.24, 2.45) is 0 Å². The molecule has 0 saturated carbocycles. The molecular weight excluding hydrogens is 841 g/mol. The molecule has 0 radical (unpaired) electrons. The molecule has 9 heteroatoms. The third-order valence-corrected chi connectivity index (χ3v) is 13.4. The Bertz CT molecular complexity index is 3600. The topological polar surface area (TPSA) is 87.2 Å². The minimum Gasteiger partial charge on any atom is -0.278 e. The maximum absolute atomic E-state index is 5.24. The maximum Gasteiger partial charge on any atom is 0.235 e. The number of hydrogen-bond donors (Lipinski definition) is 0. The van der Waals surface area contributed by atoms with Gasteiger partial charge in [0.15, 0.2) is 0 Å². The lowest BCUT2D eigenvalue weighted by Gasteiger charge is -2.12. The Labute approximate surface area is 388 Å². The van der Waals surface area contributed by atoms with Gasteiger partial charge in [-0.15, -0.1) is 10.2 Å². The summed E-state index contributed by atoms with van der Waals surface area (Å²) in [5.74, 6) is 1.19. The molecule has 0 saturated heterocycles. The van der Waals surface area contributed by atoms with Gasteiger partial charge >= 0.3 is 0 Å². The molecule has 314 valence electrons. The lowest BCUT2D eigenvalue weighted by molar-refractivity contribution is 0.995. The van der Waals surface area contributed by atoms with Crippen LogP contribution in [0.15, 0.2) is 218 Å². The van der Waals surface area contributed by atoms with E-state index in [-0.39, 0.29) is 0 Å². The fourth-order valence-corrected chi connectivity index (χ4v) is 10.0. The first-order chi connectivity index (χ1) is 33.2. The Morgan fingerprint density at radius 1 is 0.269 bits per heavy atom. The zero-order valence-electron chi connectivity index (χ0n) is 35.8. The summed E-state index contributed by atoms with van der Waals surface area (Å²) in [5.41, 5.74) is 13.4. The van der Waals surface area contributed by atoms with E-state index in [1.807, 2.05) is 72.8 Å². The standard InChI is InChI=1S/C58H36N8S/c1-5-17-37(18-6-1)47-35-48(38-19-7-2-8-20-38)60-57(59-47)65-51-27-15-13-25-43(51)45-31-29-41(33-53(45)65)55-63-64-56(67-55)42-30-32-46-44-26-14-16-28-52(44)66(54(46)34-42)58-61-49(39-21-9-3-10-22-39)36-50(62-58)40-23-11-4-12-24-40/h1-36H. The lowest BCUT2D eigenvalue weighted by atomic mass is 10.1. The Morgan fingerprint density at radius 2 is 0.582 bits per heavy atom. The molecule has 5 heterocycles. The van der Waals surface area contributed by atoms with Crippen molar-refractivity contribution in [3.05, 3.63) is 218 Å². The predicted molar refractivity (Wildman–Crippen MR) is 272 cm³/mol. The molecule has 5 aromatic heterocycles. The lowest BCUT2D eigenvalue weighted by Crippen LogP contribution is -2.04. The monoisotopic (exact) mass is 876 g/mol. The molecule has 0 spiro atoms. The first-order valence-electron chi connectivity index (χ1n) is 22.1. The van der Waals surface area contributed by atoms with Crippen LogP contribution >= 0.6 is 11.3 Å². The SMILES string of the molecule is c1ccc(-c2cc(-c3ccccc3)nc(-n3c4ccccc4c4ccc(-c5nnc(-c6ccc7c8ccccc8n(-c8nc(-c9ccccc9)cc(-c9ccccc9)n8)c7c6)s5)cc43)n2)cc1. The quantitative estimate of drug-likeness (QED) is 0.151. The molecule has 0 amide bonds. The van der Waals surface area contributed by atoms with Gasteiger partial charge in [-0.2, -0.15) is 0 Å². The average Bonchev–Trinajstić information content (AvgIpc) is 4.12. The summed E-state index contributed by atoms with van der Waals surface area (Å²) in [5, 5.41) is 15.7. The van der Waals surface area contributed by atoms with E-state index in [4.69, 9.17) is 30.1 Å². The van der Waals surface area contributed by atoms with Crippen molar-refractivity contribution < 1.29 is 0 Å². The highest BCUT2D eigenvalue weighted by Gasteiger charge is 2.21. The van der Waals surface area contributed by atoms with Crippen molar-refractivity contribution in [1.82, 2.24) is 39.3 Å². The van der Waals surface area contributed by atoms with Crippen LogP contribution < -0.4 is 0 Å². The second-order valence-electron chi connectivity index (χ2n) is 16.4. The summed E-state index contributed by atoms with van der Waals surface area (Å²) < 4.78 is 4.36. The van der Waals surface area contributed by atoms with Crippen LogP contribution in [0.4, 0.5) is 0 Å². The molecule has 8 aromatic carbocycles. The third-order valence-electron chi connectivity index (χ3n) is 12.4. The van der Waals surface area contributed by atoms with Crippen LogP contribution in [0.25, 0.3) is 122 Å². The summed E-state index contributed by atoms with van der Waals surface area (Å²) in [6.07, 6.45) is 0. The minimum absolute atomic E-state index is 0.597. The van der Waals surface area contributed by atoms with Crippen molar-refractivity contribution in [3.63, 3.8) is 0 Å². The van der Waals surface area contributed by atoms with Crippen molar-refractivity contribution in [2.45, 2.75) is 0 Å². The molecule has 0 aliphatic heterocycles. The number of nitrogens with zero attached hydrogens (tertiary/aromatic N) is 8. The summed E-state index contributed by atoms with van der Waals surface area (Å²) in [7, 11) is 0. The molecule has 8 nitrogen and oxygen atoms in total. The number of hydrogen-bond acceptors (Lipinski definition) is 7. The second-order valence-corrected chi connectivity index (χ2v) is 17.4. The molecule has 0 aliphatic rings. The van der Waals surface area contributed by atoms with Gasteiger partial charge in [-0.25, -0.2) is 19.9 Å². The zero-order chi connectivity index (χ0) is 44.3. The molecule has 0 bridgehead atoms. The van der Waals surface area contributed by atoms with Gasteiger partial charge in [-0.3, -0.25) is 9.13 Å². The van der Waals surface area contributed by atoms with Crippen LogP contribution in [-0.2, 0) is 0 Å². The second kappa shape index (κ2) is 16.0. The van der Waals surface area contributed by atoms with Gasteiger partial charge in [0, 0.05) is 54.9 Å². The van der Waals surface area contributed by atoms with Gasteiger partial charge in [-0.05, 0) is 36.4 Å². The first-order valence-corrected chi connectivity index (χ1v) is 22.9.